The van der Waals surface area contributed by atoms with Crippen molar-refractivity contribution in [3.63, 3.8) is 0 Å². The maximum absolute atomic E-state index is 12.4. The van der Waals surface area contributed by atoms with Crippen molar-refractivity contribution in [3.8, 4) is 5.88 Å². The van der Waals surface area contributed by atoms with Gasteiger partial charge >= 0.3 is 6.03 Å². The molecule has 1 aromatic heterocycles. The number of hydrogen-bond donors (Lipinski definition) is 1. The van der Waals surface area contributed by atoms with Gasteiger partial charge in [-0.1, -0.05) is 0 Å². The Bertz CT molecular complexity index is 524. The fourth-order valence-electron chi connectivity index (χ4n) is 2.74. The molecule has 1 N–H and O–H groups in total. The minimum Gasteiger partial charge on any atom is -0.478 e. The number of amides is 2. The lowest BCUT2D eigenvalue weighted by Gasteiger charge is -2.39. The molecule has 3 heterocycles. The van der Waals surface area contributed by atoms with E-state index in [1.165, 1.54) is 7.11 Å². The molecule has 0 radical (unpaired) electrons. The Balaban J connectivity index is 1.67. The van der Waals surface area contributed by atoms with Crippen molar-refractivity contribution in [1.29, 1.82) is 0 Å². The van der Waals surface area contributed by atoms with E-state index in [0.29, 0.717) is 44.5 Å². The molecule has 2 saturated heterocycles. The zero-order chi connectivity index (χ0) is 14.9. The maximum atomic E-state index is 12.4. The number of aryl methyl sites for hydroxylation is 1. The first-order chi connectivity index (χ1) is 10.1. The van der Waals surface area contributed by atoms with Crippen molar-refractivity contribution in [2.24, 2.45) is 7.05 Å². The van der Waals surface area contributed by atoms with E-state index in [4.69, 9.17) is 14.2 Å². The van der Waals surface area contributed by atoms with Gasteiger partial charge in [-0.2, -0.15) is 0 Å². The van der Waals surface area contributed by atoms with Gasteiger partial charge in [0.05, 0.1) is 33.1 Å². The zero-order valence-electron chi connectivity index (χ0n) is 12.3. The molecule has 0 saturated carbocycles. The van der Waals surface area contributed by atoms with Crippen LogP contribution in [0.5, 0.6) is 5.88 Å². The summed E-state index contributed by atoms with van der Waals surface area (Å²) in [6.07, 6.45) is 2.54. The number of hydrogen-bond acceptors (Lipinski definition) is 5. The van der Waals surface area contributed by atoms with Gasteiger partial charge in [0.15, 0.2) is 0 Å². The van der Waals surface area contributed by atoms with Crippen LogP contribution < -0.4 is 10.1 Å². The lowest BCUT2D eigenvalue weighted by molar-refractivity contribution is -0.0964. The summed E-state index contributed by atoms with van der Waals surface area (Å²) in [5, 5.41) is 6.96. The summed E-state index contributed by atoms with van der Waals surface area (Å²) in [7, 11) is 3.30. The molecule has 3 rings (SSSR count). The minimum atomic E-state index is -0.339. The highest BCUT2D eigenvalue weighted by molar-refractivity contribution is 5.90. The van der Waals surface area contributed by atoms with Crippen LogP contribution in [-0.2, 0) is 16.5 Å². The monoisotopic (exact) mass is 296 g/mol. The van der Waals surface area contributed by atoms with Crippen molar-refractivity contribution in [2.75, 3.05) is 45.3 Å². The summed E-state index contributed by atoms with van der Waals surface area (Å²) in [5.41, 5.74) is 0.224. The molecule has 1 spiro atoms. The fraction of sp³-hybridized carbons (Fsp3) is 0.692. The van der Waals surface area contributed by atoms with E-state index < -0.39 is 0 Å². The summed E-state index contributed by atoms with van der Waals surface area (Å²) >= 11 is 0. The molecular formula is C13H20N4O4. The van der Waals surface area contributed by atoms with Gasteiger partial charge in [-0.3, -0.25) is 4.68 Å². The van der Waals surface area contributed by atoms with E-state index in [0.717, 1.165) is 6.42 Å². The number of methoxy groups -OCH3 is 1. The molecule has 2 aliphatic rings. The normalized spacial score (nSPS) is 25.3. The average Bonchev–Trinajstić information content (AvgIpc) is 3.06. The Morgan fingerprint density at radius 1 is 1.52 bits per heavy atom. The van der Waals surface area contributed by atoms with E-state index in [-0.39, 0.29) is 11.6 Å². The summed E-state index contributed by atoms with van der Waals surface area (Å²) in [6.45, 7) is 2.87. The van der Waals surface area contributed by atoms with E-state index >= 15 is 0 Å². The predicted octanol–water partition coefficient (Wildman–Crippen LogP) is 0.452. The minimum absolute atomic E-state index is 0.170. The molecule has 2 fully saturated rings. The Kier molecular flexibility index (Phi) is 3.73. The second-order valence-corrected chi connectivity index (χ2v) is 5.41. The number of aromatic nitrogens is 2. The highest BCUT2D eigenvalue weighted by Gasteiger charge is 2.41. The quantitative estimate of drug-likeness (QED) is 0.857. The van der Waals surface area contributed by atoms with Crippen LogP contribution in [0.25, 0.3) is 0 Å². The standard InChI is InChI=1S/C13H20N4O4/c1-16-7-10(11(15-16)19-2)14-12(18)17-4-6-21-13(8-17)3-5-20-9-13/h7H,3-6,8-9H2,1-2H3,(H,14,18). The number of carbonyl (C=O) groups excluding carboxylic acids is 1. The first-order valence-electron chi connectivity index (χ1n) is 6.97. The third-order valence-corrected chi connectivity index (χ3v) is 3.83. The lowest BCUT2D eigenvalue weighted by Crippen LogP contribution is -2.55. The molecule has 0 aliphatic carbocycles. The van der Waals surface area contributed by atoms with Gasteiger partial charge < -0.3 is 24.4 Å². The van der Waals surface area contributed by atoms with Crippen LogP contribution in [0.1, 0.15) is 6.42 Å². The van der Waals surface area contributed by atoms with Crippen LogP contribution in [0.2, 0.25) is 0 Å². The van der Waals surface area contributed by atoms with Crippen molar-refractivity contribution < 1.29 is 19.0 Å². The molecule has 1 unspecified atom stereocenters. The number of nitrogens with zero attached hydrogens (tertiary/aromatic N) is 3. The molecule has 0 bridgehead atoms. The smallest absolute Gasteiger partial charge is 0.322 e. The van der Waals surface area contributed by atoms with Gasteiger partial charge in [-0.15, -0.1) is 5.10 Å². The highest BCUT2D eigenvalue weighted by atomic mass is 16.6. The predicted molar refractivity (Wildman–Crippen MR) is 74.5 cm³/mol. The van der Waals surface area contributed by atoms with Gasteiger partial charge in [0.25, 0.3) is 5.88 Å². The molecule has 21 heavy (non-hydrogen) atoms. The largest absolute Gasteiger partial charge is 0.478 e. The Labute approximate surface area is 122 Å². The lowest BCUT2D eigenvalue weighted by atomic mass is 10.0. The van der Waals surface area contributed by atoms with Gasteiger partial charge in [0.1, 0.15) is 11.3 Å². The molecule has 2 amide bonds. The van der Waals surface area contributed by atoms with Gasteiger partial charge in [0, 0.05) is 26.6 Å². The topological polar surface area (TPSA) is 77.9 Å². The van der Waals surface area contributed by atoms with Crippen LogP contribution in [0.4, 0.5) is 10.5 Å². The van der Waals surface area contributed by atoms with Gasteiger partial charge in [-0.25, -0.2) is 4.79 Å². The van der Waals surface area contributed by atoms with Gasteiger partial charge in [0.2, 0.25) is 0 Å². The van der Waals surface area contributed by atoms with E-state index in [1.54, 1.807) is 22.8 Å². The SMILES string of the molecule is COc1nn(C)cc1NC(=O)N1CCOC2(CCOC2)C1. The average molecular weight is 296 g/mol. The van der Waals surface area contributed by atoms with Crippen molar-refractivity contribution in [2.45, 2.75) is 12.0 Å². The first-order valence-corrected chi connectivity index (χ1v) is 6.97. The van der Waals surface area contributed by atoms with Crippen LogP contribution in [0.15, 0.2) is 6.20 Å². The third kappa shape index (κ3) is 2.81. The Morgan fingerprint density at radius 2 is 2.38 bits per heavy atom. The third-order valence-electron chi connectivity index (χ3n) is 3.83. The van der Waals surface area contributed by atoms with Crippen LogP contribution in [0.3, 0.4) is 0 Å². The second kappa shape index (κ2) is 5.53. The van der Waals surface area contributed by atoms with Crippen molar-refractivity contribution >= 4 is 11.7 Å². The summed E-state index contributed by atoms with van der Waals surface area (Å²) < 4.78 is 18.0. The molecule has 1 aromatic rings. The number of urea groups is 1. The molecular weight excluding hydrogens is 276 g/mol. The van der Waals surface area contributed by atoms with E-state index in [9.17, 15) is 4.79 Å². The number of carbonyl (C=O) groups is 1. The molecule has 8 nitrogen and oxygen atoms in total. The number of rotatable bonds is 2. The van der Waals surface area contributed by atoms with Gasteiger partial charge in [-0.05, 0) is 0 Å². The van der Waals surface area contributed by atoms with Crippen LogP contribution in [-0.4, -0.2) is 66.3 Å². The molecule has 0 aromatic carbocycles. The number of nitrogens with one attached hydrogen (secondary N) is 1. The molecule has 8 heteroatoms. The second-order valence-electron chi connectivity index (χ2n) is 5.41. The Hall–Kier alpha value is -1.80. The van der Waals surface area contributed by atoms with Crippen LogP contribution >= 0.6 is 0 Å². The number of morpholine rings is 1. The van der Waals surface area contributed by atoms with Crippen molar-refractivity contribution in [3.05, 3.63) is 6.20 Å². The Morgan fingerprint density at radius 3 is 3.10 bits per heavy atom. The van der Waals surface area contributed by atoms with E-state index in [1.807, 2.05) is 0 Å². The molecule has 116 valence electrons. The van der Waals surface area contributed by atoms with Crippen LogP contribution in [0, 0.1) is 0 Å². The molecule has 1 atom stereocenters. The highest BCUT2D eigenvalue weighted by Crippen LogP contribution is 2.28. The summed E-state index contributed by atoms with van der Waals surface area (Å²) in [4.78, 5) is 14.2. The number of ether oxygens (including phenoxy) is 3. The first kappa shape index (κ1) is 14.2. The summed E-state index contributed by atoms with van der Waals surface area (Å²) in [5.74, 6) is 0.401. The van der Waals surface area contributed by atoms with E-state index in [2.05, 4.69) is 10.4 Å². The molecule has 2 aliphatic heterocycles. The number of anilines is 1. The zero-order valence-corrected chi connectivity index (χ0v) is 12.3. The maximum Gasteiger partial charge on any atom is 0.322 e. The van der Waals surface area contributed by atoms with Crippen molar-refractivity contribution in [1.82, 2.24) is 14.7 Å². The summed E-state index contributed by atoms with van der Waals surface area (Å²) in [6, 6.07) is -0.170. The fourth-order valence-corrected chi connectivity index (χ4v) is 2.74.